The van der Waals surface area contributed by atoms with Crippen LogP contribution in [0.15, 0.2) is 36.4 Å². The van der Waals surface area contributed by atoms with Gasteiger partial charge in [-0.05, 0) is 69.1 Å². The normalized spacial score (nSPS) is 28.9. The second-order valence-electron chi connectivity index (χ2n) is 9.58. The standard InChI is InChI=1S/C26H24ClN3O5/c1-3-35-24(33)14-6-8-15(9-7-14)30-22(31)19-18-5-4-10-29(18)26(20(19)23(30)32)16-11-13(2)12-17(27)21(16)28-25(26)34/h6-9,11-12,18-20H,3-5,10H2,1-2H3,(H,28,34)/t18-,19+,20-,26+/m0/s1. The average molecular weight is 494 g/mol. The van der Waals surface area contributed by atoms with Gasteiger partial charge in [-0.25, -0.2) is 9.69 Å². The highest BCUT2D eigenvalue weighted by atomic mass is 35.5. The van der Waals surface area contributed by atoms with Gasteiger partial charge in [0.2, 0.25) is 11.8 Å². The van der Waals surface area contributed by atoms with Gasteiger partial charge in [0, 0.05) is 11.6 Å². The van der Waals surface area contributed by atoms with Gasteiger partial charge in [-0.1, -0.05) is 17.7 Å². The predicted molar refractivity (Wildman–Crippen MR) is 128 cm³/mol. The molecule has 3 saturated heterocycles. The molecule has 1 spiro atoms. The van der Waals surface area contributed by atoms with E-state index in [2.05, 4.69) is 10.2 Å². The summed E-state index contributed by atoms with van der Waals surface area (Å²) in [6, 6.07) is 9.72. The Morgan fingerprint density at radius 3 is 2.63 bits per heavy atom. The highest BCUT2D eigenvalue weighted by Gasteiger charge is 2.74. The van der Waals surface area contributed by atoms with Crippen molar-refractivity contribution >= 4 is 46.7 Å². The Morgan fingerprint density at radius 1 is 1.17 bits per heavy atom. The third kappa shape index (κ3) is 2.78. The minimum atomic E-state index is -1.27. The molecule has 0 aliphatic carbocycles. The lowest BCUT2D eigenvalue weighted by atomic mass is 9.75. The monoisotopic (exact) mass is 493 g/mol. The van der Waals surface area contributed by atoms with Gasteiger partial charge in [-0.3, -0.25) is 19.3 Å². The molecule has 6 rings (SSSR count). The first-order valence-corrected chi connectivity index (χ1v) is 12.2. The number of esters is 1. The van der Waals surface area contributed by atoms with Crippen molar-refractivity contribution in [1.82, 2.24) is 4.90 Å². The Kier molecular flexibility index (Phi) is 4.85. The van der Waals surface area contributed by atoms with Gasteiger partial charge in [0.15, 0.2) is 0 Å². The predicted octanol–water partition coefficient (Wildman–Crippen LogP) is 3.26. The second kappa shape index (κ2) is 7.63. The lowest BCUT2D eigenvalue weighted by Crippen LogP contribution is -2.54. The van der Waals surface area contributed by atoms with E-state index in [0.717, 1.165) is 18.4 Å². The molecule has 8 nitrogen and oxygen atoms in total. The maximum Gasteiger partial charge on any atom is 0.338 e. The van der Waals surface area contributed by atoms with Gasteiger partial charge < -0.3 is 10.1 Å². The number of amides is 3. The van der Waals surface area contributed by atoms with Crippen molar-refractivity contribution in [2.75, 3.05) is 23.4 Å². The number of hydrogen-bond donors (Lipinski definition) is 1. The van der Waals surface area contributed by atoms with Gasteiger partial charge in [0.1, 0.15) is 5.54 Å². The summed E-state index contributed by atoms with van der Waals surface area (Å²) in [7, 11) is 0. The van der Waals surface area contributed by atoms with Crippen LogP contribution in [0.25, 0.3) is 0 Å². The summed E-state index contributed by atoms with van der Waals surface area (Å²) in [6.07, 6.45) is 1.58. The SMILES string of the molecule is CCOC(=O)c1ccc(N2C(=O)[C@H]3[C@@H](C2=O)[C@]2(C(=O)Nc4c(Cl)cc(C)cc42)N2CCC[C@@H]32)cc1. The number of hydrogen-bond acceptors (Lipinski definition) is 6. The Bertz CT molecular complexity index is 1310. The quantitative estimate of drug-likeness (QED) is 0.521. The molecule has 35 heavy (non-hydrogen) atoms. The van der Waals surface area contributed by atoms with Gasteiger partial charge in [-0.2, -0.15) is 0 Å². The fourth-order valence-corrected chi connectivity index (χ4v) is 6.93. The molecule has 0 saturated carbocycles. The topological polar surface area (TPSA) is 96.0 Å². The van der Waals surface area contributed by atoms with Crippen LogP contribution in [0.5, 0.6) is 0 Å². The van der Waals surface area contributed by atoms with Crippen LogP contribution >= 0.6 is 11.6 Å². The fourth-order valence-electron chi connectivity index (χ4n) is 6.61. The molecule has 2 aromatic carbocycles. The number of aryl methyl sites for hydroxylation is 1. The first kappa shape index (κ1) is 22.2. The van der Waals surface area contributed by atoms with Crippen LogP contribution < -0.4 is 10.2 Å². The molecule has 4 heterocycles. The van der Waals surface area contributed by atoms with Crippen molar-refractivity contribution in [3.05, 3.63) is 58.1 Å². The molecular weight excluding hydrogens is 470 g/mol. The minimum absolute atomic E-state index is 0.212. The van der Waals surface area contributed by atoms with Crippen LogP contribution in [0.4, 0.5) is 11.4 Å². The molecule has 1 N–H and O–H groups in total. The Morgan fingerprint density at radius 2 is 1.91 bits per heavy atom. The number of rotatable bonds is 3. The van der Waals surface area contributed by atoms with Crippen LogP contribution in [-0.4, -0.2) is 47.8 Å². The van der Waals surface area contributed by atoms with E-state index in [1.807, 2.05) is 13.0 Å². The lowest BCUT2D eigenvalue weighted by molar-refractivity contribution is -0.135. The van der Waals surface area contributed by atoms with Crippen molar-refractivity contribution in [2.45, 2.75) is 38.3 Å². The summed E-state index contributed by atoms with van der Waals surface area (Å²) in [5.41, 5.74) is 1.51. The maximum atomic E-state index is 14.0. The molecule has 9 heteroatoms. The number of ether oxygens (including phenoxy) is 1. The number of anilines is 2. The molecule has 3 fully saturated rings. The van der Waals surface area contributed by atoms with Crippen molar-refractivity contribution in [2.24, 2.45) is 11.8 Å². The van der Waals surface area contributed by atoms with E-state index in [1.165, 1.54) is 4.90 Å². The molecule has 3 amide bonds. The molecule has 0 aromatic heterocycles. The van der Waals surface area contributed by atoms with E-state index in [-0.39, 0.29) is 24.5 Å². The van der Waals surface area contributed by atoms with Crippen LogP contribution in [0.1, 0.15) is 41.3 Å². The van der Waals surface area contributed by atoms with E-state index < -0.39 is 29.3 Å². The Labute approximate surface area is 207 Å². The highest BCUT2D eigenvalue weighted by Crippen LogP contribution is 2.61. The summed E-state index contributed by atoms with van der Waals surface area (Å²) >= 11 is 6.51. The van der Waals surface area contributed by atoms with Crippen LogP contribution in [0.2, 0.25) is 5.02 Å². The first-order chi connectivity index (χ1) is 16.8. The summed E-state index contributed by atoms with van der Waals surface area (Å²) in [4.78, 5) is 56.8. The van der Waals surface area contributed by atoms with Gasteiger partial charge in [0.25, 0.3) is 5.91 Å². The number of fused-ring (bicyclic) bond motifs is 7. The smallest absolute Gasteiger partial charge is 0.338 e. The molecule has 0 bridgehead atoms. The van der Waals surface area contributed by atoms with Crippen molar-refractivity contribution in [1.29, 1.82) is 0 Å². The minimum Gasteiger partial charge on any atom is -0.462 e. The summed E-state index contributed by atoms with van der Waals surface area (Å²) in [5, 5.41) is 3.35. The first-order valence-electron chi connectivity index (χ1n) is 11.8. The van der Waals surface area contributed by atoms with E-state index in [9.17, 15) is 19.2 Å². The van der Waals surface area contributed by atoms with E-state index >= 15 is 0 Å². The summed E-state index contributed by atoms with van der Waals surface area (Å²) in [5.74, 6) is -2.98. The third-order valence-corrected chi connectivity index (χ3v) is 8.13. The number of nitrogens with one attached hydrogen (secondary N) is 1. The van der Waals surface area contributed by atoms with Gasteiger partial charge in [-0.15, -0.1) is 0 Å². The van der Waals surface area contributed by atoms with Crippen LogP contribution in [0, 0.1) is 18.8 Å². The van der Waals surface area contributed by atoms with Crippen LogP contribution in [0.3, 0.4) is 0 Å². The third-order valence-electron chi connectivity index (χ3n) is 7.83. The lowest BCUT2D eigenvalue weighted by Gasteiger charge is -2.36. The molecule has 4 aliphatic rings. The van der Waals surface area contributed by atoms with Gasteiger partial charge in [0.05, 0.1) is 40.4 Å². The Hall–Kier alpha value is -3.23. The van der Waals surface area contributed by atoms with E-state index in [1.54, 1.807) is 37.3 Å². The van der Waals surface area contributed by atoms with Crippen molar-refractivity contribution in [3.8, 4) is 0 Å². The maximum absolute atomic E-state index is 14.0. The second-order valence-corrected chi connectivity index (χ2v) is 9.98. The number of nitrogens with zero attached hydrogens (tertiary/aromatic N) is 2. The molecule has 4 atom stereocenters. The summed E-state index contributed by atoms with van der Waals surface area (Å²) < 4.78 is 5.02. The zero-order valence-corrected chi connectivity index (χ0v) is 20.1. The number of benzene rings is 2. The molecule has 0 unspecified atom stereocenters. The molecule has 4 aliphatic heterocycles. The fraction of sp³-hybridized carbons (Fsp3) is 0.385. The molecule has 2 aromatic rings. The number of carbonyl (C=O) groups excluding carboxylic acids is 4. The molecule has 0 radical (unpaired) electrons. The zero-order valence-electron chi connectivity index (χ0n) is 19.3. The zero-order chi connectivity index (χ0) is 24.6. The van der Waals surface area contributed by atoms with Crippen molar-refractivity contribution < 1.29 is 23.9 Å². The average Bonchev–Trinajstić information content (AvgIpc) is 3.53. The molecule has 180 valence electrons. The highest BCUT2D eigenvalue weighted by molar-refractivity contribution is 6.35. The van der Waals surface area contributed by atoms with Crippen LogP contribution in [-0.2, 0) is 24.7 Å². The number of carbonyl (C=O) groups is 4. The molecular formula is C26H24ClN3O5. The largest absolute Gasteiger partial charge is 0.462 e. The van der Waals surface area contributed by atoms with E-state index in [4.69, 9.17) is 16.3 Å². The Balaban J connectivity index is 1.46. The number of halogens is 1. The van der Waals surface area contributed by atoms with Gasteiger partial charge >= 0.3 is 5.97 Å². The summed E-state index contributed by atoms with van der Waals surface area (Å²) in [6.45, 7) is 4.50. The number of imide groups is 1. The van der Waals surface area contributed by atoms with Crippen molar-refractivity contribution in [3.63, 3.8) is 0 Å². The van der Waals surface area contributed by atoms with E-state index in [0.29, 0.717) is 34.1 Å².